The van der Waals surface area contributed by atoms with Gasteiger partial charge in [0.2, 0.25) is 11.4 Å². The number of halogens is 1. The molecule has 3 heterocycles. The van der Waals surface area contributed by atoms with E-state index in [2.05, 4.69) is 41.4 Å². The van der Waals surface area contributed by atoms with Crippen molar-refractivity contribution in [2.24, 2.45) is 0 Å². The van der Waals surface area contributed by atoms with Gasteiger partial charge in [0, 0.05) is 22.8 Å². The van der Waals surface area contributed by atoms with E-state index in [1.165, 1.54) is 0 Å². The highest BCUT2D eigenvalue weighted by Crippen LogP contribution is 2.22. The molecule has 0 aliphatic carbocycles. The molecule has 4 aromatic rings. The molecule has 3 aromatic heterocycles. The van der Waals surface area contributed by atoms with Gasteiger partial charge in [-0.1, -0.05) is 18.2 Å². The fraction of sp³-hybridized carbons (Fsp3) is 0.150. The van der Waals surface area contributed by atoms with Gasteiger partial charge in [0.25, 0.3) is 5.91 Å². The summed E-state index contributed by atoms with van der Waals surface area (Å²) in [6.45, 7) is 4.47. The molecule has 4 rings (SSSR count). The molecule has 0 aliphatic heterocycles. The van der Waals surface area contributed by atoms with Crippen molar-refractivity contribution < 1.29 is 4.79 Å². The van der Waals surface area contributed by atoms with Crippen LogP contribution in [0.15, 0.2) is 51.9 Å². The standard InChI is InChI=1S/C20H17BrN6O2/c1-3-27-10-14(16(28)13-9-15(21)11(2)22-18(13)27)17-23-20(26-25-17)24-19(29)12-7-5-4-6-8-12/h4-10H,3H2,1-2H3,(H2,23,24,25,26,29). The summed E-state index contributed by atoms with van der Waals surface area (Å²) < 4.78 is 2.64. The number of nitrogens with zero attached hydrogens (tertiary/aromatic N) is 4. The molecule has 9 heteroatoms. The van der Waals surface area contributed by atoms with E-state index in [0.717, 1.165) is 10.2 Å². The minimum absolute atomic E-state index is 0.0969. The Morgan fingerprint density at radius 2 is 2.00 bits per heavy atom. The number of nitrogens with one attached hydrogen (secondary N) is 2. The number of hydrogen-bond donors (Lipinski definition) is 2. The van der Waals surface area contributed by atoms with Gasteiger partial charge in [0.1, 0.15) is 5.65 Å². The molecular formula is C20H17BrN6O2. The Balaban J connectivity index is 1.74. The van der Waals surface area contributed by atoms with Crippen LogP contribution in [0, 0.1) is 6.92 Å². The van der Waals surface area contributed by atoms with E-state index < -0.39 is 0 Å². The number of fused-ring (bicyclic) bond motifs is 1. The fourth-order valence-corrected chi connectivity index (χ4v) is 3.30. The molecule has 0 saturated heterocycles. The van der Waals surface area contributed by atoms with E-state index in [0.29, 0.717) is 28.7 Å². The Morgan fingerprint density at radius 1 is 1.24 bits per heavy atom. The summed E-state index contributed by atoms with van der Waals surface area (Å²) in [6.07, 6.45) is 1.70. The van der Waals surface area contributed by atoms with Crippen LogP contribution in [-0.2, 0) is 6.54 Å². The third-order valence-electron chi connectivity index (χ3n) is 4.52. The zero-order chi connectivity index (χ0) is 20.5. The summed E-state index contributed by atoms with van der Waals surface area (Å²) in [4.78, 5) is 34.2. The second kappa shape index (κ2) is 7.59. The number of amides is 1. The number of benzene rings is 1. The minimum Gasteiger partial charge on any atom is -0.332 e. The highest BCUT2D eigenvalue weighted by atomic mass is 79.9. The minimum atomic E-state index is -0.329. The van der Waals surface area contributed by atoms with Crippen LogP contribution in [0.3, 0.4) is 0 Å². The fourth-order valence-electron chi connectivity index (χ4n) is 2.99. The number of aromatic nitrogens is 5. The second-order valence-corrected chi connectivity index (χ2v) is 7.27. The molecule has 1 amide bonds. The van der Waals surface area contributed by atoms with Gasteiger partial charge in [-0.2, -0.15) is 4.98 Å². The van der Waals surface area contributed by atoms with Gasteiger partial charge >= 0.3 is 0 Å². The molecule has 0 unspecified atom stereocenters. The largest absolute Gasteiger partial charge is 0.332 e. The topological polar surface area (TPSA) is 106 Å². The van der Waals surface area contributed by atoms with Crippen LogP contribution in [0.25, 0.3) is 22.4 Å². The molecule has 0 fully saturated rings. The lowest BCUT2D eigenvalue weighted by Gasteiger charge is -2.11. The number of H-pyrrole nitrogens is 1. The molecule has 0 spiro atoms. The summed E-state index contributed by atoms with van der Waals surface area (Å²) in [7, 11) is 0. The summed E-state index contributed by atoms with van der Waals surface area (Å²) in [5.41, 5.74) is 2.04. The van der Waals surface area contributed by atoms with E-state index in [9.17, 15) is 9.59 Å². The lowest BCUT2D eigenvalue weighted by Crippen LogP contribution is -2.14. The van der Waals surface area contributed by atoms with Crippen molar-refractivity contribution in [2.45, 2.75) is 20.4 Å². The Labute approximate surface area is 174 Å². The first-order valence-corrected chi connectivity index (χ1v) is 9.76. The predicted octanol–water partition coefficient (Wildman–Crippen LogP) is 3.52. The van der Waals surface area contributed by atoms with Crippen molar-refractivity contribution in [1.82, 2.24) is 24.7 Å². The highest BCUT2D eigenvalue weighted by molar-refractivity contribution is 9.10. The first-order valence-electron chi connectivity index (χ1n) is 8.97. The first kappa shape index (κ1) is 19.0. The normalized spacial score (nSPS) is 11.0. The highest BCUT2D eigenvalue weighted by Gasteiger charge is 2.17. The van der Waals surface area contributed by atoms with E-state index in [4.69, 9.17) is 0 Å². The van der Waals surface area contributed by atoms with Gasteiger partial charge in [0.05, 0.1) is 16.6 Å². The molecule has 0 aliphatic rings. The number of anilines is 1. The lowest BCUT2D eigenvalue weighted by molar-refractivity contribution is 0.102. The maximum absolute atomic E-state index is 13.1. The lowest BCUT2D eigenvalue weighted by atomic mass is 10.1. The van der Waals surface area contributed by atoms with Crippen molar-refractivity contribution in [1.29, 1.82) is 0 Å². The molecule has 0 bridgehead atoms. The number of hydrogen-bond acceptors (Lipinski definition) is 5. The zero-order valence-electron chi connectivity index (χ0n) is 15.7. The van der Waals surface area contributed by atoms with E-state index in [-0.39, 0.29) is 23.1 Å². The van der Waals surface area contributed by atoms with Crippen molar-refractivity contribution in [3.8, 4) is 11.4 Å². The Morgan fingerprint density at radius 3 is 2.72 bits per heavy atom. The van der Waals surface area contributed by atoms with Crippen LogP contribution in [-0.4, -0.2) is 30.6 Å². The number of carbonyl (C=O) groups is 1. The third kappa shape index (κ3) is 3.56. The molecule has 146 valence electrons. The maximum atomic E-state index is 13.1. The molecule has 1 aromatic carbocycles. The van der Waals surface area contributed by atoms with Gasteiger partial charge in [-0.3, -0.25) is 20.0 Å². The summed E-state index contributed by atoms with van der Waals surface area (Å²) >= 11 is 3.44. The number of pyridine rings is 2. The third-order valence-corrected chi connectivity index (χ3v) is 5.32. The number of aryl methyl sites for hydroxylation is 2. The van der Waals surface area contributed by atoms with Crippen molar-refractivity contribution in [3.63, 3.8) is 0 Å². The number of rotatable bonds is 4. The molecule has 2 N–H and O–H groups in total. The van der Waals surface area contributed by atoms with Gasteiger partial charge < -0.3 is 4.57 Å². The maximum Gasteiger partial charge on any atom is 0.258 e. The Bertz CT molecular complexity index is 1280. The zero-order valence-corrected chi connectivity index (χ0v) is 17.3. The summed E-state index contributed by atoms with van der Waals surface area (Å²) in [5.74, 6) is 0.0444. The van der Waals surface area contributed by atoms with Gasteiger partial charge in [0.15, 0.2) is 5.82 Å². The van der Waals surface area contributed by atoms with E-state index >= 15 is 0 Å². The molecule has 0 saturated carbocycles. The second-order valence-electron chi connectivity index (χ2n) is 6.41. The van der Waals surface area contributed by atoms with Gasteiger partial charge in [-0.15, -0.1) is 5.10 Å². The molecular weight excluding hydrogens is 436 g/mol. The van der Waals surface area contributed by atoms with Crippen LogP contribution < -0.4 is 10.7 Å². The van der Waals surface area contributed by atoms with Gasteiger partial charge in [-0.25, -0.2) is 4.98 Å². The van der Waals surface area contributed by atoms with E-state index in [1.54, 1.807) is 36.5 Å². The van der Waals surface area contributed by atoms with Crippen molar-refractivity contribution >= 4 is 38.8 Å². The quantitative estimate of drug-likeness (QED) is 0.492. The average Bonchev–Trinajstić information content (AvgIpc) is 3.18. The number of carbonyl (C=O) groups excluding carboxylic acids is 1. The molecule has 0 atom stereocenters. The van der Waals surface area contributed by atoms with Crippen LogP contribution in [0.1, 0.15) is 23.0 Å². The summed E-state index contributed by atoms with van der Waals surface area (Å²) in [5, 5.41) is 9.87. The average molecular weight is 453 g/mol. The first-order chi connectivity index (χ1) is 14.0. The Kier molecular flexibility index (Phi) is 4.98. The van der Waals surface area contributed by atoms with Crippen LogP contribution in [0.4, 0.5) is 5.95 Å². The predicted molar refractivity (Wildman–Crippen MR) is 114 cm³/mol. The van der Waals surface area contributed by atoms with Crippen molar-refractivity contribution in [3.05, 3.63) is 68.5 Å². The SMILES string of the molecule is CCn1cc(-c2nc(NC(=O)c3ccccc3)n[nH]2)c(=O)c2cc(Br)c(C)nc21. The Hall–Kier alpha value is -3.33. The van der Waals surface area contributed by atoms with Crippen LogP contribution in [0.2, 0.25) is 0 Å². The van der Waals surface area contributed by atoms with Gasteiger partial charge in [-0.05, 0) is 48.0 Å². The van der Waals surface area contributed by atoms with Crippen molar-refractivity contribution in [2.75, 3.05) is 5.32 Å². The van der Waals surface area contributed by atoms with Crippen LogP contribution >= 0.6 is 15.9 Å². The van der Waals surface area contributed by atoms with Crippen LogP contribution in [0.5, 0.6) is 0 Å². The molecule has 29 heavy (non-hydrogen) atoms. The molecule has 8 nitrogen and oxygen atoms in total. The monoisotopic (exact) mass is 452 g/mol. The van der Waals surface area contributed by atoms with E-state index in [1.807, 2.05) is 24.5 Å². The molecule has 0 radical (unpaired) electrons. The summed E-state index contributed by atoms with van der Waals surface area (Å²) in [6, 6.07) is 10.5. The number of aromatic amines is 1. The smallest absolute Gasteiger partial charge is 0.258 e.